The van der Waals surface area contributed by atoms with Crippen LogP contribution in [0, 0.1) is 11.3 Å². The minimum atomic E-state index is -0.185. The molecule has 0 aromatic carbocycles. The molecule has 17 heavy (non-hydrogen) atoms. The zero-order valence-corrected chi connectivity index (χ0v) is 11.0. The molecule has 1 unspecified atom stereocenters. The quantitative estimate of drug-likeness (QED) is 0.815. The van der Waals surface area contributed by atoms with Gasteiger partial charge in [0.05, 0.1) is 12.1 Å². The summed E-state index contributed by atoms with van der Waals surface area (Å²) in [4.78, 5) is 14.0. The lowest BCUT2D eigenvalue weighted by molar-refractivity contribution is -0.133. The fourth-order valence-corrected chi connectivity index (χ4v) is 2.70. The first-order chi connectivity index (χ1) is 7.76. The fraction of sp³-hybridized carbons (Fsp3) is 0.833. The number of amides is 1. The summed E-state index contributed by atoms with van der Waals surface area (Å²) in [7, 11) is 0. The van der Waals surface area contributed by atoms with Gasteiger partial charge >= 0.3 is 0 Å². The molecule has 0 aromatic rings. The van der Waals surface area contributed by atoms with Crippen LogP contribution in [0.4, 0.5) is 0 Å². The molecule has 2 heterocycles. The third kappa shape index (κ3) is 2.91. The number of hydrogen-bond acceptors (Lipinski definition) is 3. The molecule has 0 saturated carbocycles. The SMILES string of the molecule is CCC1CC[C@@H](C(=O)N2CCC[C@H]2C#N)N1.Cl. The van der Waals surface area contributed by atoms with E-state index in [1.807, 2.05) is 0 Å². The summed E-state index contributed by atoms with van der Waals surface area (Å²) in [5.41, 5.74) is 0. The topological polar surface area (TPSA) is 56.1 Å². The number of hydrogen-bond donors (Lipinski definition) is 1. The Balaban J connectivity index is 0.00000144. The first kappa shape index (κ1) is 14.3. The first-order valence-electron chi connectivity index (χ1n) is 6.22. The molecule has 2 rings (SSSR count). The van der Waals surface area contributed by atoms with Crippen molar-refractivity contribution in [2.45, 2.75) is 57.2 Å². The number of nitrogens with zero attached hydrogens (tertiary/aromatic N) is 2. The maximum atomic E-state index is 12.2. The van der Waals surface area contributed by atoms with Crippen LogP contribution in [-0.4, -0.2) is 35.5 Å². The Hall–Kier alpha value is -0.790. The van der Waals surface area contributed by atoms with Crippen molar-refractivity contribution in [2.75, 3.05) is 6.54 Å². The van der Waals surface area contributed by atoms with E-state index in [1.165, 1.54) is 0 Å². The van der Waals surface area contributed by atoms with Crippen molar-refractivity contribution in [2.24, 2.45) is 0 Å². The highest BCUT2D eigenvalue weighted by Gasteiger charge is 2.36. The fourth-order valence-electron chi connectivity index (χ4n) is 2.70. The van der Waals surface area contributed by atoms with E-state index in [0.717, 1.165) is 38.6 Å². The van der Waals surface area contributed by atoms with E-state index in [4.69, 9.17) is 5.26 Å². The Morgan fingerprint density at radius 2 is 2.24 bits per heavy atom. The molecule has 2 fully saturated rings. The van der Waals surface area contributed by atoms with Crippen LogP contribution >= 0.6 is 12.4 Å². The molecule has 1 amide bonds. The van der Waals surface area contributed by atoms with Crippen LogP contribution in [0.15, 0.2) is 0 Å². The van der Waals surface area contributed by atoms with E-state index in [2.05, 4.69) is 18.3 Å². The van der Waals surface area contributed by atoms with Gasteiger partial charge in [0.25, 0.3) is 0 Å². The first-order valence-corrected chi connectivity index (χ1v) is 6.22. The van der Waals surface area contributed by atoms with Crippen molar-refractivity contribution in [1.29, 1.82) is 5.26 Å². The minimum absolute atomic E-state index is 0. The zero-order valence-electron chi connectivity index (χ0n) is 10.2. The van der Waals surface area contributed by atoms with Crippen LogP contribution in [0.2, 0.25) is 0 Å². The van der Waals surface area contributed by atoms with E-state index in [9.17, 15) is 4.79 Å². The Morgan fingerprint density at radius 1 is 1.47 bits per heavy atom. The van der Waals surface area contributed by atoms with Crippen LogP contribution in [0.1, 0.15) is 39.0 Å². The van der Waals surface area contributed by atoms with Gasteiger partial charge in [0.2, 0.25) is 5.91 Å². The van der Waals surface area contributed by atoms with Gasteiger partial charge in [-0.1, -0.05) is 6.92 Å². The van der Waals surface area contributed by atoms with Crippen molar-refractivity contribution in [3.63, 3.8) is 0 Å². The predicted molar refractivity (Wildman–Crippen MR) is 67.8 cm³/mol. The van der Waals surface area contributed by atoms with Crippen molar-refractivity contribution >= 4 is 18.3 Å². The molecule has 2 aliphatic rings. The van der Waals surface area contributed by atoms with Crippen LogP contribution in [-0.2, 0) is 4.79 Å². The molecule has 2 aliphatic heterocycles. The van der Waals surface area contributed by atoms with Crippen LogP contribution in [0.3, 0.4) is 0 Å². The molecule has 0 spiro atoms. The highest BCUT2D eigenvalue weighted by atomic mass is 35.5. The molecule has 96 valence electrons. The molecule has 2 saturated heterocycles. The van der Waals surface area contributed by atoms with Gasteiger partial charge in [0.1, 0.15) is 6.04 Å². The highest BCUT2D eigenvalue weighted by molar-refractivity contribution is 5.85. The lowest BCUT2D eigenvalue weighted by Gasteiger charge is -2.23. The number of nitriles is 1. The molecule has 3 atom stereocenters. The summed E-state index contributed by atoms with van der Waals surface area (Å²) in [6.07, 6.45) is 4.88. The number of carbonyl (C=O) groups is 1. The average Bonchev–Trinajstić information content (AvgIpc) is 2.96. The summed E-state index contributed by atoms with van der Waals surface area (Å²) in [5.74, 6) is 0.139. The van der Waals surface area contributed by atoms with Crippen molar-refractivity contribution in [3.8, 4) is 6.07 Å². The second-order valence-corrected chi connectivity index (χ2v) is 4.72. The van der Waals surface area contributed by atoms with E-state index in [-0.39, 0.29) is 30.4 Å². The van der Waals surface area contributed by atoms with E-state index in [1.54, 1.807) is 4.90 Å². The van der Waals surface area contributed by atoms with Crippen molar-refractivity contribution in [1.82, 2.24) is 10.2 Å². The molecule has 5 heteroatoms. The van der Waals surface area contributed by atoms with E-state index >= 15 is 0 Å². The van der Waals surface area contributed by atoms with Crippen LogP contribution < -0.4 is 5.32 Å². The molecule has 4 nitrogen and oxygen atoms in total. The summed E-state index contributed by atoms with van der Waals surface area (Å²) in [6, 6.07) is 2.48. The molecule has 1 N–H and O–H groups in total. The Morgan fingerprint density at radius 3 is 2.82 bits per heavy atom. The standard InChI is InChI=1S/C12H19N3O.ClH/c1-2-9-5-6-11(14-9)12(16)15-7-3-4-10(15)8-13;/h9-11,14H,2-7H2,1H3;1H/t9?,10-,11-;/m0./s1. The average molecular weight is 258 g/mol. The summed E-state index contributed by atoms with van der Waals surface area (Å²) in [6.45, 7) is 2.89. The number of nitrogens with one attached hydrogen (secondary N) is 1. The second-order valence-electron chi connectivity index (χ2n) is 4.72. The number of carbonyl (C=O) groups excluding carboxylic acids is 1. The summed E-state index contributed by atoms with van der Waals surface area (Å²) in [5, 5.41) is 12.3. The van der Waals surface area contributed by atoms with Gasteiger partial charge in [0.15, 0.2) is 0 Å². The van der Waals surface area contributed by atoms with Gasteiger partial charge < -0.3 is 10.2 Å². The third-order valence-electron chi connectivity index (χ3n) is 3.72. The van der Waals surface area contributed by atoms with E-state index in [0.29, 0.717) is 6.04 Å². The smallest absolute Gasteiger partial charge is 0.240 e. The second kappa shape index (κ2) is 6.23. The van der Waals surface area contributed by atoms with Gasteiger partial charge in [-0.3, -0.25) is 4.79 Å². The van der Waals surface area contributed by atoms with Gasteiger partial charge in [-0.2, -0.15) is 5.26 Å². The molecule has 0 radical (unpaired) electrons. The summed E-state index contributed by atoms with van der Waals surface area (Å²) < 4.78 is 0. The molecular formula is C12H20ClN3O. The lowest BCUT2D eigenvalue weighted by Crippen LogP contribution is -2.46. The van der Waals surface area contributed by atoms with Gasteiger partial charge in [-0.25, -0.2) is 0 Å². The van der Waals surface area contributed by atoms with Crippen LogP contribution in [0.5, 0.6) is 0 Å². The third-order valence-corrected chi connectivity index (χ3v) is 3.72. The normalized spacial score (nSPS) is 32.0. The van der Waals surface area contributed by atoms with Gasteiger partial charge in [-0.05, 0) is 32.1 Å². The highest BCUT2D eigenvalue weighted by Crippen LogP contribution is 2.22. The Labute approximate surface area is 109 Å². The molecule has 0 aromatic heterocycles. The maximum absolute atomic E-state index is 12.2. The number of likely N-dealkylation sites (tertiary alicyclic amines) is 1. The minimum Gasteiger partial charge on any atom is -0.325 e. The Bertz CT molecular complexity index is 315. The predicted octanol–water partition coefficient (Wildman–Crippen LogP) is 1.45. The van der Waals surface area contributed by atoms with E-state index < -0.39 is 0 Å². The summed E-state index contributed by atoms with van der Waals surface area (Å²) >= 11 is 0. The number of halogens is 1. The van der Waals surface area contributed by atoms with Crippen molar-refractivity contribution < 1.29 is 4.79 Å². The monoisotopic (exact) mass is 257 g/mol. The zero-order chi connectivity index (χ0) is 11.5. The maximum Gasteiger partial charge on any atom is 0.240 e. The molecule has 0 bridgehead atoms. The number of rotatable bonds is 2. The van der Waals surface area contributed by atoms with Gasteiger partial charge in [-0.15, -0.1) is 12.4 Å². The molecular weight excluding hydrogens is 238 g/mol. The largest absolute Gasteiger partial charge is 0.325 e. The van der Waals surface area contributed by atoms with Gasteiger partial charge in [0, 0.05) is 12.6 Å². The van der Waals surface area contributed by atoms with Crippen LogP contribution in [0.25, 0.3) is 0 Å². The Kier molecular flexibility index (Phi) is 5.23. The lowest BCUT2D eigenvalue weighted by atomic mass is 10.1. The molecule has 0 aliphatic carbocycles. The van der Waals surface area contributed by atoms with Crippen molar-refractivity contribution in [3.05, 3.63) is 0 Å².